The number of aromatic nitrogens is 2. The highest BCUT2D eigenvalue weighted by Crippen LogP contribution is 2.30. The molecule has 0 unspecified atom stereocenters. The zero-order valence-corrected chi connectivity index (χ0v) is 21.8. The quantitative estimate of drug-likeness (QED) is 0.359. The summed E-state index contributed by atoms with van der Waals surface area (Å²) in [6.07, 6.45) is 14.9. The molecule has 2 aromatic heterocycles. The van der Waals surface area contributed by atoms with Gasteiger partial charge < -0.3 is 20.2 Å². The van der Waals surface area contributed by atoms with E-state index < -0.39 is 5.83 Å². The van der Waals surface area contributed by atoms with Crippen LogP contribution < -0.4 is 5.32 Å². The van der Waals surface area contributed by atoms with E-state index >= 15 is 0 Å². The molecule has 0 spiro atoms. The van der Waals surface area contributed by atoms with Gasteiger partial charge in [-0.15, -0.1) is 11.3 Å². The Morgan fingerprint density at radius 3 is 2.67 bits per heavy atom. The maximum absolute atomic E-state index is 13.7. The Morgan fingerprint density at radius 2 is 1.97 bits per heavy atom. The summed E-state index contributed by atoms with van der Waals surface area (Å²) in [6, 6.07) is 0. The molecule has 1 fully saturated rings. The Bertz CT molecular complexity index is 1140. The highest BCUT2D eigenvalue weighted by atomic mass is 32.1. The van der Waals surface area contributed by atoms with Crippen LogP contribution in [0.4, 0.5) is 10.2 Å². The van der Waals surface area contributed by atoms with Crippen molar-refractivity contribution in [2.24, 2.45) is 0 Å². The van der Waals surface area contributed by atoms with Crippen LogP contribution in [0.15, 0.2) is 84.5 Å². The van der Waals surface area contributed by atoms with Crippen molar-refractivity contribution < 1.29 is 9.50 Å². The highest BCUT2D eigenvalue weighted by molar-refractivity contribution is 7.18. The Morgan fingerprint density at radius 1 is 1.19 bits per heavy atom. The van der Waals surface area contributed by atoms with Gasteiger partial charge in [0.1, 0.15) is 18.0 Å². The van der Waals surface area contributed by atoms with Gasteiger partial charge in [0.05, 0.1) is 16.8 Å². The Balaban J connectivity index is 1.62. The first kappa shape index (κ1) is 27.5. The molecule has 2 aromatic rings. The third kappa shape index (κ3) is 7.71. The van der Waals surface area contributed by atoms with Crippen molar-refractivity contribution in [1.29, 1.82) is 0 Å². The maximum Gasteiger partial charge on any atom is 0.147 e. The molecule has 0 aromatic carbocycles. The lowest BCUT2D eigenvalue weighted by molar-refractivity contribution is 0.168. The molecule has 0 atom stereocenters. The van der Waals surface area contributed by atoms with E-state index in [1.165, 1.54) is 23.9 Å². The van der Waals surface area contributed by atoms with Crippen LogP contribution >= 0.6 is 11.3 Å². The molecule has 1 aliphatic rings. The van der Waals surface area contributed by atoms with Crippen LogP contribution in [0.1, 0.15) is 18.9 Å². The van der Waals surface area contributed by atoms with Gasteiger partial charge in [0, 0.05) is 38.4 Å². The molecule has 0 saturated carbocycles. The molecule has 2 N–H and O–H groups in total. The van der Waals surface area contributed by atoms with Gasteiger partial charge in [0.25, 0.3) is 0 Å². The SMILES string of the molecule is C=C/C=C(F)\C=C(/CO)CCc1csc2c(NC/C=C\C(=C/C=C)N3CCN(CC)CC3)ncnc12. The van der Waals surface area contributed by atoms with Crippen LogP contribution in [0.2, 0.25) is 0 Å². The summed E-state index contributed by atoms with van der Waals surface area (Å²) in [4.78, 5) is 13.8. The maximum atomic E-state index is 13.7. The summed E-state index contributed by atoms with van der Waals surface area (Å²) < 4.78 is 14.7. The monoisotopic (exact) mass is 509 g/mol. The van der Waals surface area contributed by atoms with Crippen molar-refractivity contribution >= 4 is 27.4 Å². The number of hydrogen-bond acceptors (Lipinski definition) is 7. The van der Waals surface area contributed by atoms with E-state index in [-0.39, 0.29) is 6.61 Å². The summed E-state index contributed by atoms with van der Waals surface area (Å²) in [5.41, 5.74) is 3.75. The molecule has 0 bridgehead atoms. The molecule has 0 amide bonds. The zero-order valence-electron chi connectivity index (χ0n) is 21.0. The summed E-state index contributed by atoms with van der Waals surface area (Å²) in [7, 11) is 0. The molecule has 1 saturated heterocycles. The highest BCUT2D eigenvalue weighted by Gasteiger charge is 2.16. The molecule has 36 heavy (non-hydrogen) atoms. The molecule has 0 radical (unpaired) electrons. The average Bonchev–Trinajstić information content (AvgIpc) is 3.32. The number of anilines is 1. The number of likely N-dealkylation sites (N-methyl/N-ethyl adjacent to an activating group) is 1. The van der Waals surface area contributed by atoms with Crippen LogP contribution in [0.5, 0.6) is 0 Å². The number of nitrogens with zero attached hydrogens (tertiary/aromatic N) is 4. The zero-order chi connectivity index (χ0) is 25.8. The van der Waals surface area contributed by atoms with Crippen molar-refractivity contribution in [2.75, 3.05) is 51.2 Å². The second kappa shape index (κ2) is 14.5. The van der Waals surface area contributed by atoms with Gasteiger partial charge in [-0.05, 0) is 60.2 Å². The molecule has 6 nitrogen and oxygen atoms in total. The van der Waals surface area contributed by atoms with Crippen LogP contribution in [0.25, 0.3) is 10.2 Å². The van der Waals surface area contributed by atoms with E-state index in [1.54, 1.807) is 17.7 Å². The second-order valence-electron chi connectivity index (χ2n) is 8.44. The second-order valence-corrected chi connectivity index (χ2v) is 9.32. The van der Waals surface area contributed by atoms with E-state index in [2.05, 4.69) is 68.8 Å². The van der Waals surface area contributed by atoms with Gasteiger partial charge in [-0.25, -0.2) is 14.4 Å². The van der Waals surface area contributed by atoms with Crippen molar-refractivity contribution in [3.63, 3.8) is 0 Å². The van der Waals surface area contributed by atoms with Crippen LogP contribution in [-0.2, 0) is 6.42 Å². The van der Waals surface area contributed by atoms with E-state index in [0.29, 0.717) is 25.0 Å². The average molecular weight is 510 g/mol. The molecule has 3 rings (SSSR count). The van der Waals surface area contributed by atoms with Gasteiger partial charge in [0.15, 0.2) is 0 Å². The third-order valence-electron chi connectivity index (χ3n) is 6.11. The lowest BCUT2D eigenvalue weighted by Crippen LogP contribution is -2.45. The summed E-state index contributed by atoms with van der Waals surface area (Å²) >= 11 is 1.59. The Labute approximate surface area is 217 Å². The van der Waals surface area contributed by atoms with Crippen LogP contribution in [0, 0.1) is 0 Å². The number of allylic oxidation sites excluding steroid dienone is 7. The Hall–Kier alpha value is -3.07. The van der Waals surface area contributed by atoms with Gasteiger partial charge in [-0.3, -0.25) is 0 Å². The number of hydrogen-bond donors (Lipinski definition) is 2. The number of rotatable bonds is 13. The smallest absolute Gasteiger partial charge is 0.147 e. The normalized spacial score (nSPS) is 16.2. The summed E-state index contributed by atoms with van der Waals surface area (Å²) in [6.45, 7) is 15.3. The number of nitrogens with one attached hydrogen (secondary N) is 1. The van der Waals surface area contributed by atoms with Crippen LogP contribution in [-0.4, -0.2) is 70.7 Å². The molecule has 8 heteroatoms. The van der Waals surface area contributed by atoms with Crippen LogP contribution in [0.3, 0.4) is 0 Å². The van der Waals surface area contributed by atoms with Gasteiger partial charge in [-0.2, -0.15) is 0 Å². The number of aliphatic hydroxyl groups excluding tert-OH is 1. The van der Waals surface area contributed by atoms with Crippen molar-refractivity contribution in [3.05, 3.63) is 90.1 Å². The minimum atomic E-state index is -0.416. The fraction of sp³-hybridized carbons (Fsp3) is 0.357. The Kier molecular flexibility index (Phi) is 11.1. The van der Waals surface area contributed by atoms with E-state index in [4.69, 9.17) is 0 Å². The minimum Gasteiger partial charge on any atom is -0.392 e. The minimum absolute atomic E-state index is 0.189. The standard InChI is InChI=1S/C28H36FN5OS/c1-4-8-24(29)18-22(19-35)11-12-23-20-36-27-26(23)31-21-32-28(27)30-13-7-10-25(9-5-2)34-16-14-33(6-3)15-17-34/h4-5,7-10,18,20-21,35H,1-2,6,11-17,19H2,3H3,(H,30,31,32)/b10-7-,22-18-,24-8+,25-9+. The first-order valence-electron chi connectivity index (χ1n) is 12.3. The van der Waals surface area contributed by atoms with Gasteiger partial charge in [0.2, 0.25) is 0 Å². The first-order chi connectivity index (χ1) is 17.6. The van der Waals surface area contributed by atoms with Crippen molar-refractivity contribution in [3.8, 4) is 0 Å². The lowest BCUT2D eigenvalue weighted by Gasteiger charge is -2.36. The fourth-order valence-corrected chi connectivity index (χ4v) is 5.12. The third-order valence-corrected chi connectivity index (χ3v) is 7.14. The number of aliphatic hydroxyl groups is 1. The molecular weight excluding hydrogens is 473 g/mol. The van der Waals surface area contributed by atoms with E-state index in [0.717, 1.165) is 54.3 Å². The fourth-order valence-electron chi connectivity index (χ4n) is 4.10. The summed E-state index contributed by atoms with van der Waals surface area (Å²) in [5, 5.41) is 15.1. The van der Waals surface area contributed by atoms with Gasteiger partial charge >= 0.3 is 0 Å². The summed E-state index contributed by atoms with van der Waals surface area (Å²) in [5.74, 6) is 0.380. The molecular formula is C28H36FN5OS. The number of halogens is 1. The van der Waals surface area contributed by atoms with Gasteiger partial charge in [-0.1, -0.05) is 38.3 Å². The topological polar surface area (TPSA) is 64.5 Å². The number of thiophene rings is 1. The molecule has 1 aliphatic heterocycles. The number of piperazine rings is 1. The van der Waals surface area contributed by atoms with Crippen molar-refractivity contribution in [1.82, 2.24) is 19.8 Å². The predicted molar refractivity (Wildman–Crippen MR) is 150 cm³/mol. The molecule has 192 valence electrons. The number of fused-ring (bicyclic) bond motifs is 1. The first-order valence-corrected chi connectivity index (χ1v) is 13.2. The largest absolute Gasteiger partial charge is 0.392 e. The van der Waals surface area contributed by atoms with E-state index in [9.17, 15) is 9.50 Å². The molecule has 0 aliphatic carbocycles. The predicted octanol–water partition coefficient (Wildman–Crippen LogP) is 5.26. The van der Waals surface area contributed by atoms with E-state index in [1.807, 2.05) is 6.08 Å². The number of aryl methyl sites for hydroxylation is 1. The lowest BCUT2D eigenvalue weighted by atomic mass is 10.1. The molecule has 3 heterocycles. The van der Waals surface area contributed by atoms with Crippen molar-refractivity contribution in [2.45, 2.75) is 19.8 Å².